The number of benzene rings is 1. The van der Waals surface area contributed by atoms with E-state index >= 15 is 0 Å². The second-order valence-electron chi connectivity index (χ2n) is 5.92. The number of nitro benzene ring substituents is 1. The first-order valence-corrected chi connectivity index (χ1v) is 8.06. The molecule has 0 aliphatic carbocycles. The van der Waals surface area contributed by atoms with Crippen LogP contribution in [0.2, 0.25) is 0 Å². The van der Waals surface area contributed by atoms with Crippen LogP contribution < -0.4 is 5.32 Å². The van der Waals surface area contributed by atoms with Crippen LogP contribution in [-0.4, -0.2) is 41.4 Å². The van der Waals surface area contributed by atoms with Crippen LogP contribution in [0.15, 0.2) is 40.4 Å². The largest absolute Gasteiger partial charge is 0.468 e. The zero-order chi connectivity index (χ0) is 20.4. The van der Waals surface area contributed by atoms with Crippen LogP contribution in [0.25, 0.3) is 17.4 Å². The molecule has 1 fully saturated rings. The summed E-state index contributed by atoms with van der Waals surface area (Å²) in [6.45, 7) is 1.13. The van der Waals surface area contributed by atoms with Crippen molar-refractivity contribution in [3.05, 3.63) is 57.5 Å². The maximum Gasteiger partial charge on any atom is 0.329 e. The first-order valence-electron chi connectivity index (χ1n) is 8.06. The molecule has 2 heterocycles. The van der Waals surface area contributed by atoms with Crippen LogP contribution in [-0.2, 0) is 14.3 Å². The number of ether oxygens (including phenoxy) is 1. The predicted octanol–water partition coefficient (Wildman–Crippen LogP) is 2.23. The molecular formula is C18H15N3O7. The highest BCUT2D eigenvalue weighted by atomic mass is 16.6. The molecule has 0 spiro atoms. The molecule has 0 bridgehead atoms. The zero-order valence-electron chi connectivity index (χ0n) is 14.9. The number of amides is 3. The molecule has 10 nitrogen and oxygen atoms in total. The number of imide groups is 1. The molecule has 3 rings (SSSR count). The monoisotopic (exact) mass is 385 g/mol. The Morgan fingerprint density at radius 3 is 2.75 bits per heavy atom. The fourth-order valence-corrected chi connectivity index (χ4v) is 2.60. The van der Waals surface area contributed by atoms with Gasteiger partial charge in [0.2, 0.25) is 0 Å². The smallest absolute Gasteiger partial charge is 0.329 e. The van der Waals surface area contributed by atoms with Crippen LogP contribution >= 0.6 is 0 Å². The normalized spacial score (nSPS) is 15.1. The van der Waals surface area contributed by atoms with Crippen molar-refractivity contribution in [2.24, 2.45) is 0 Å². The van der Waals surface area contributed by atoms with Gasteiger partial charge < -0.3 is 14.5 Å². The van der Waals surface area contributed by atoms with Gasteiger partial charge in [0.1, 0.15) is 23.8 Å². The lowest BCUT2D eigenvalue weighted by Crippen LogP contribution is -2.36. The number of methoxy groups -OCH3 is 1. The van der Waals surface area contributed by atoms with Gasteiger partial charge in [-0.05, 0) is 19.1 Å². The van der Waals surface area contributed by atoms with Crippen molar-refractivity contribution in [1.82, 2.24) is 10.2 Å². The van der Waals surface area contributed by atoms with E-state index in [0.717, 1.165) is 7.11 Å². The number of urea groups is 1. The van der Waals surface area contributed by atoms with Gasteiger partial charge in [-0.3, -0.25) is 19.7 Å². The zero-order valence-corrected chi connectivity index (χ0v) is 14.9. The van der Waals surface area contributed by atoms with E-state index in [1.165, 1.54) is 12.1 Å². The number of rotatable bonds is 5. The van der Waals surface area contributed by atoms with Gasteiger partial charge in [-0.1, -0.05) is 12.1 Å². The highest BCUT2D eigenvalue weighted by Crippen LogP contribution is 2.29. The van der Waals surface area contributed by atoms with E-state index in [9.17, 15) is 24.5 Å². The van der Waals surface area contributed by atoms with Gasteiger partial charge in [0, 0.05) is 23.3 Å². The van der Waals surface area contributed by atoms with E-state index < -0.39 is 29.4 Å². The molecule has 1 N–H and O–H groups in total. The van der Waals surface area contributed by atoms with Crippen LogP contribution in [0, 0.1) is 17.0 Å². The van der Waals surface area contributed by atoms with Gasteiger partial charge in [0.15, 0.2) is 0 Å². The summed E-state index contributed by atoms with van der Waals surface area (Å²) in [6.07, 6.45) is 1.31. The van der Waals surface area contributed by atoms with Crippen molar-refractivity contribution in [1.29, 1.82) is 0 Å². The van der Waals surface area contributed by atoms with Crippen molar-refractivity contribution in [2.45, 2.75) is 6.92 Å². The molecule has 1 aromatic carbocycles. The molecule has 10 heteroatoms. The van der Waals surface area contributed by atoms with Crippen molar-refractivity contribution in [3.8, 4) is 11.3 Å². The fraction of sp³-hybridized carbons (Fsp3) is 0.167. The lowest BCUT2D eigenvalue weighted by molar-refractivity contribution is -0.385. The second kappa shape index (κ2) is 7.35. The summed E-state index contributed by atoms with van der Waals surface area (Å²) >= 11 is 0. The van der Waals surface area contributed by atoms with Gasteiger partial charge in [0.25, 0.3) is 11.6 Å². The van der Waals surface area contributed by atoms with Crippen LogP contribution in [0.1, 0.15) is 11.3 Å². The third-order valence-corrected chi connectivity index (χ3v) is 4.08. The Hall–Kier alpha value is -3.95. The number of nitro groups is 1. The molecule has 1 aliphatic rings. The van der Waals surface area contributed by atoms with E-state index in [-0.39, 0.29) is 17.1 Å². The van der Waals surface area contributed by atoms with Gasteiger partial charge >= 0.3 is 12.0 Å². The van der Waals surface area contributed by atoms with E-state index in [4.69, 9.17) is 4.42 Å². The Bertz CT molecular complexity index is 1020. The van der Waals surface area contributed by atoms with Gasteiger partial charge in [-0.15, -0.1) is 0 Å². The summed E-state index contributed by atoms with van der Waals surface area (Å²) in [5.74, 6) is -0.815. The Labute approximate surface area is 158 Å². The Balaban J connectivity index is 1.84. The third kappa shape index (κ3) is 3.61. The number of esters is 1. The quantitative estimate of drug-likeness (QED) is 0.274. The molecular weight excluding hydrogens is 370 g/mol. The number of carbonyl (C=O) groups is 3. The molecule has 1 aromatic heterocycles. The van der Waals surface area contributed by atoms with Crippen molar-refractivity contribution in [2.75, 3.05) is 13.7 Å². The van der Waals surface area contributed by atoms with Gasteiger partial charge in [-0.2, -0.15) is 0 Å². The standard InChI is InChI=1S/C18H15N3O7/c1-10-3-4-11(7-14(10)21(25)26)15-6-5-12(28-15)8-13-17(23)20(18(24)19-13)9-16(22)27-2/h3-8H,9H2,1-2H3,(H,19,24)/b13-8+. The highest BCUT2D eigenvalue weighted by molar-refractivity contribution is 6.15. The van der Waals surface area contributed by atoms with E-state index in [0.29, 0.717) is 21.8 Å². The lowest BCUT2D eigenvalue weighted by Gasteiger charge is -2.08. The Kier molecular flexibility index (Phi) is 4.94. The molecule has 2 aromatic rings. The summed E-state index contributed by atoms with van der Waals surface area (Å²) in [5.41, 5.74) is 0.916. The van der Waals surface area contributed by atoms with Crippen molar-refractivity contribution < 1.29 is 28.5 Å². The van der Waals surface area contributed by atoms with Gasteiger partial charge in [-0.25, -0.2) is 9.69 Å². The maximum atomic E-state index is 12.3. The minimum Gasteiger partial charge on any atom is -0.468 e. The first kappa shape index (κ1) is 18.8. The summed E-state index contributed by atoms with van der Waals surface area (Å²) in [5, 5.41) is 13.4. The molecule has 144 valence electrons. The SMILES string of the molecule is COC(=O)CN1C(=O)N/C(=C/c2ccc(-c3ccc(C)c([N+](=O)[O-])c3)o2)C1=O. The molecule has 0 unspecified atom stereocenters. The highest BCUT2D eigenvalue weighted by Gasteiger charge is 2.35. The van der Waals surface area contributed by atoms with Gasteiger partial charge in [0.05, 0.1) is 12.0 Å². The summed E-state index contributed by atoms with van der Waals surface area (Å²) in [7, 11) is 1.15. The number of carbonyl (C=O) groups excluding carboxylic acids is 3. The van der Waals surface area contributed by atoms with Crippen LogP contribution in [0.4, 0.5) is 10.5 Å². The number of nitrogens with zero attached hydrogens (tertiary/aromatic N) is 2. The van der Waals surface area contributed by atoms with E-state index in [1.54, 1.807) is 31.2 Å². The number of aryl methyl sites for hydroxylation is 1. The molecule has 0 radical (unpaired) electrons. The van der Waals surface area contributed by atoms with E-state index in [2.05, 4.69) is 10.1 Å². The third-order valence-electron chi connectivity index (χ3n) is 4.08. The first-order chi connectivity index (χ1) is 13.3. The summed E-state index contributed by atoms with van der Waals surface area (Å²) in [6, 6.07) is 7.08. The summed E-state index contributed by atoms with van der Waals surface area (Å²) < 4.78 is 10.1. The minimum atomic E-state index is -0.748. The number of nitrogens with one attached hydrogen (secondary N) is 1. The summed E-state index contributed by atoms with van der Waals surface area (Å²) in [4.78, 5) is 46.7. The molecule has 28 heavy (non-hydrogen) atoms. The lowest BCUT2D eigenvalue weighted by atomic mass is 10.1. The average Bonchev–Trinajstić information content (AvgIpc) is 3.22. The van der Waals surface area contributed by atoms with Crippen molar-refractivity contribution >= 4 is 29.7 Å². The number of hydrogen-bond acceptors (Lipinski definition) is 7. The maximum absolute atomic E-state index is 12.3. The van der Waals surface area contributed by atoms with Crippen molar-refractivity contribution in [3.63, 3.8) is 0 Å². The fourth-order valence-electron chi connectivity index (χ4n) is 2.60. The minimum absolute atomic E-state index is 0.0366. The molecule has 1 saturated heterocycles. The van der Waals surface area contributed by atoms with E-state index in [1.807, 2.05) is 0 Å². The Morgan fingerprint density at radius 2 is 2.07 bits per heavy atom. The van der Waals surface area contributed by atoms with Crippen LogP contribution in [0.3, 0.4) is 0 Å². The number of furan rings is 1. The number of hydrogen-bond donors (Lipinski definition) is 1. The Morgan fingerprint density at radius 1 is 1.32 bits per heavy atom. The van der Waals surface area contributed by atoms with Crippen LogP contribution in [0.5, 0.6) is 0 Å². The average molecular weight is 385 g/mol. The molecule has 3 amide bonds. The predicted molar refractivity (Wildman–Crippen MR) is 95.8 cm³/mol. The molecule has 0 atom stereocenters. The molecule has 0 saturated carbocycles. The second-order valence-corrected chi connectivity index (χ2v) is 5.92. The topological polar surface area (TPSA) is 132 Å². The molecule has 1 aliphatic heterocycles.